The molecule has 0 saturated carbocycles. The van der Waals surface area contributed by atoms with Crippen LogP contribution in [0.5, 0.6) is 46.0 Å². The number of amides is 4. The van der Waals surface area contributed by atoms with Crippen molar-refractivity contribution in [2.45, 2.75) is 112 Å². The van der Waals surface area contributed by atoms with Crippen LogP contribution < -0.4 is 53.2 Å². The van der Waals surface area contributed by atoms with Gasteiger partial charge in [-0.1, -0.05) is 43.2 Å². The van der Waals surface area contributed by atoms with Gasteiger partial charge in [0, 0.05) is 133 Å². The summed E-state index contributed by atoms with van der Waals surface area (Å²) in [6.45, 7) is -1.44. The van der Waals surface area contributed by atoms with E-state index in [-0.39, 0.29) is 143 Å². The van der Waals surface area contributed by atoms with Gasteiger partial charge in [0.15, 0.2) is 11.2 Å². The van der Waals surface area contributed by atoms with Crippen molar-refractivity contribution < 1.29 is 181 Å². The number of carbonyl (C=O) groups is 6. The molecule has 8 aromatic rings. The molecule has 2 spiro atoms. The second-order valence-corrected chi connectivity index (χ2v) is 39.1. The molecule has 56 heteroatoms. The molecule has 14 rings (SSSR count). The zero-order valence-corrected chi connectivity index (χ0v) is 74.3. The number of aromatic nitrogens is 4. The maximum atomic E-state index is 13.4. The van der Waals surface area contributed by atoms with E-state index in [4.69, 9.17) is 48.0 Å². The first-order valence-electron chi connectivity index (χ1n) is 39.9. The van der Waals surface area contributed by atoms with Crippen LogP contribution in [0.3, 0.4) is 0 Å². The van der Waals surface area contributed by atoms with Crippen molar-refractivity contribution in [1.29, 1.82) is 0 Å². The topological polar surface area (TPSA) is 757 Å². The SMILES string of the molecule is O=C(CCCCCNC(=O)c1ccc2c(c1)C(=O)OC21c2ccc(O)cc2Oc2cc(O)ccc21)NCC=Cc1cn(C2CC(O)C(COP(=O)(O)OP(=O)(O)OP(=O)(O)O)O2)c(=O)[nH]c1=O.O=C(CCCCCNC(=O)c1ccc2c(c1)C1(OC2=O)c2ccc(O)cc2Oc2cc(O)ccc21)NCC=Cc1cn(C2CC(O)C(COP(=O)(O)OP(=O)(O)OP(=O)(O)O)O2)c(=O)[nH]c1=O. The van der Waals surface area contributed by atoms with Gasteiger partial charge in [-0.2, -0.15) is 17.2 Å². The quantitative estimate of drug-likeness (QED) is 0.0135. The molecule has 2 saturated heterocycles. The summed E-state index contributed by atoms with van der Waals surface area (Å²) in [6, 6.07) is 26.6. The molecule has 8 heterocycles. The minimum absolute atomic E-state index is 0.00973. The molecule has 2 aromatic heterocycles. The van der Waals surface area contributed by atoms with Gasteiger partial charge in [0.05, 0.1) is 47.7 Å². The first kappa shape index (κ1) is 99.9. The summed E-state index contributed by atoms with van der Waals surface area (Å²) in [6.07, 6.45) is 2.17. The molecule has 6 aromatic carbocycles. The molecule has 6 aliphatic rings. The molecule has 2 fully saturated rings. The van der Waals surface area contributed by atoms with E-state index in [9.17, 15) is 126 Å². The number of rotatable bonds is 36. The third-order valence-corrected chi connectivity index (χ3v) is 28.5. The second-order valence-electron chi connectivity index (χ2n) is 30.3. The standard InChI is InChI=1S/2C39H41N4O21P3/c44-23-8-11-27-30(16-23)60-31-17-24(45)9-12-28(31)39(27)26-10-7-21(15-25(26)37(50)62-39)35(48)41-13-3-1-2-6-33(47)40-14-4-5-22-19-43(38(51)42-36(22)49)34-18-29(46)32(61-34)20-59-66(55,56)64-67(57,58)63-65(52,53)54;44-23-8-11-26-30(16-23)60-31-17-24(45)9-12-27(31)39(26)28-15-21(7-10-25(28)37(50)62-39)35(48)41-13-3-1-2-6-33(47)40-14-4-5-22-19-43(38(51)42-36(22)49)34-18-29(46)32(61-34)20-59-66(55,56)64-67(57,58)63-65(52,53)54/h2*4-5,7-12,15-17,19,29,32,34,44-46H,1-3,6,13-14,18,20H2,(H,40,47)(H,41,48)(H,55,56)(H,57,58)(H,42,49,51)(H2,52,53,54). The van der Waals surface area contributed by atoms with E-state index >= 15 is 0 Å². The number of phosphoric acid groups is 6. The van der Waals surface area contributed by atoms with Gasteiger partial charge in [0.25, 0.3) is 22.9 Å². The smallest absolute Gasteiger partial charge is 0.490 e. The molecule has 0 aliphatic carbocycles. The summed E-state index contributed by atoms with van der Waals surface area (Å²) >= 11 is 0. The van der Waals surface area contributed by atoms with Crippen molar-refractivity contribution in [3.05, 3.63) is 242 Å². The molecule has 0 radical (unpaired) electrons. The summed E-state index contributed by atoms with van der Waals surface area (Å²) in [5.74, 6) is -2.36. The Kier molecular flexibility index (Phi) is 30.2. The maximum absolute atomic E-state index is 13.4. The number of hydrogen-bond acceptors (Lipinski definition) is 34. The van der Waals surface area contributed by atoms with Crippen molar-refractivity contribution in [3.8, 4) is 46.0 Å². The van der Waals surface area contributed by atoms with Crippen LogP contribution in [-0.4, -0.2) is 188 Å². The molecular weight excluding hydrogens is 1910 g/mol. The molecule has 20 N–H and O–H groups in total. The fourth-order valence-corrected chi connectivity index (χ4v) is 21.1. The number of phenols is 4. The van der Waals surface area contributed by atoms with Crippen LogP contribution in [0, 0.1) is 0 Å². The van der Waals surface area contributed by atoms with Crippen molar-refractivity contribution in [2.75, 3.05) is 39.4 Å². The Hall–Kier alpha value is -11.6. The van der Waals surface area contributed by atoms with E-state index in [0.29, 0.717) is 71.9 Å². The number of nitrogens with one attached hydrogen (secondary N) is 6. The van der Waals surface area contributed by atoms with Crippen LogP contribution in [0.2, 0.25) is 0 Å². The highest BCUT2D eigenvalue weighted by molar-refractivity contribution is 7.67. The highest BCUT2D eigenvalue weighted by Gasteiger charge is 2.56. The highest BCUT2D eigenvalue weighted by atomic mass is 31.3. The molecule has 0 bridgehead atoms. The summed E-state index contributed by atoms with van der Waals surface area (Å²) < 4.78 is 129. The summed E-state index contributed by atoms with van der Waals surface area (Å²) in [7, 11) is -33.9. The van der Waals surface area contributed by atoms with Gasteiger partial charge < -0.3 is 119 Å². The third kappa shape index (κ3) is 23.8. The number of phosphoric ester groups is 2. The number of aliphatic hydroxyl groups excluding tert-OH is 2. The van der Waals surface area contributed by atoms with E-state index in [1.165, 1.54) is 91.0 Å². The van der Waals surface area contributed by atoms with Crippen LogP contribution >= 0.6 is 46.9 Å². The van der Waals surface area contributed by atoms with Gasteiger partial charge in [0.2, 0.25) is 11.8 Å². The van der Waals surface area contributed by atoms with E-state index in [2.05, 4.69) is 57.5 Å². The van der Waals surface area contributed by atoms with Crippen molar-refractivity contribution >= 4 is 94.7 Å². The lowest BCUT2D eigenvalue weighted by Gasteiger charge is -2.36. The number of fused-ring (bicyclic) bond motifs is 12. The van der Waals surface area contributed by atoms with Gasteiger partial charge in [-0.15, -0.1) is 0 Å². The van der Waals surface area contributed by atoms with Crippen molar-refractivity contribution in [3.63, 3.8) is 0 Å². The number of H-pyrrole nitrogens is 2. The van der Waals surface area contributed by atoms with Gasteiger partial charge in [-0.25, -0.2) is 46.6 Å². The number of carbonyl (C=O) groups excluding carboxylic acids is 6. The van der Waals surface area contributed by atoms with Gasteiger partial charge in [-0.05, 0) is 105 Å². The summed E-state index contributed by atoms with van der Waals surface area (Å²) in [5, 5.41) is 72.4. The lowest BCUT2D eigenvalue weighted by molar-refractivity contribution is -0.121. The van der Waals surface area contributed by atoms with Crippen LogP contribution in [0.1, 0.15) is 163 Å². The lowest BCUT2D eigenvalue weighted by Crippen LogP contribution is -2.33. The summed E-state index contributed by atoms with van der Waals surface area (Å²) in [5.41, 5.74) is -3.30. The Labute approximate surface area is 752 Å². The predicted octanol–water partition coefficient (Wildman–Crippen LogP) is 5.25. The zero-order chi connectivity index (χ0) is 97.0. The average Bonchev–Trinajstić information content (AvgIpc) is 1.52. The number of unbranched alkanes of at least 4 members (excludes halogenated alkanes) is 4. The van der Waals surface area contributed by atoms with Gasteiger partial charge in [0.1, 0.15) is 70.7 Å². The Morgan fingerprint density at radius 2 is 0.799 bits per heavy atom. The highest BCUT2D eigenvalue weighted by Crippen LogP contribution is 2.68. The molecule has 716 valence electrons. The number of phenolic OH excluding ortho intramolecular Hbond substituents is 4. The monoisotopic (exact) mass is 1990 g/mol. The van der Waals surface area contributed by atoms with Crippen LogP contribution in [-0.2, 0) is 93.4 Å². The Morgan fingerprint density at radius 3 is 1.19 bits per heavy atom. The minimum Gasteiger partial charge on any atom is -0.508 e. The molecule has 10 atom stereocenters. The van der Waals surface area contributed by atoms with Gasteiger partial charge in [-0.3, -0.25) is 56.9 Å². The molecular formula is C78H82N8O42P6. The second kappa shape index (κ2) is 40.5. The van der Waals surface area contributed by atoms with E-state index in [1.807, 2.05) is 0 Å². The Balaban J connectivity index is 0.000000227. The molecule has 10 unspecified atom stereocenters. The van der Waals surface area contributed by atoms with Crippen molar-refractivity contribution in [2.24, 2.45) is 0 Å². The largest absolute Gasteiger partial charge is 0.508 e. The number of hydrogen-bond donors (Lipinski definition) is 20. The number of aliphatic hydroxyl groups is 2. The fourth-order valence-electron chi connectivity index (χ4n) is 15.0. The van der Waals surface area contributed by atoms with Crippen LogP contribution in [0.15, 0.2) is 153 Å². The molecule has 6 aliphatic heterocycles. The number of esters is 2. The Morgan fingerprint density at radius 1 is 0.433 bits per heavy atom. The maximum Gasteiger partial charge on any atom is 0.490 e. The average molecular weight is 1990 g/mol. The van der Waals surface area contributed by atoms with E-state index < -0.39 is 154 Å². The molecule has 134 heavy (non-hydrogen) atoms. The fraction of sp³-hybridized carbons (Fsp3) is 0.308. The summed E-state index contributed by atoms with van der Waals surface area (Å²) in [4.78, 5) is 205. The lowest BCUT2D eigenvalue weighted by atomic mass is 9.77. The number of aromatic hydroxyl groups is 4. The first-order chi connectivity index (χ1) is 63.1. The van der Waals surface area contributed by atoms with Crippen LogP contribution in [0.4, 0.5) is 0 Å². The molecule has 50 nitrogen and oxygen atoms in total. The molecule has 4 amide bonds. The number of aromatic amines is 2. The predicted molar refractivity (Wildman–Crippen MR) is 453 cm³/mol. The number of ether oxygens (including phenoxy) is 6. The Bertz CT molecular complexity index is 6500. The minimum atomic E-state index is -5.79. The first-order valence-corrected chi connectivity index (χ1v) is 49.0. The van der Waals surface area contributed by atoms with Crippen LogP contribution in [0.25, 0.3) is 12.2 Å². The third-order valence-electron chi connectivity index (χ3n) is 20.9. The van der Waals surface area contributed by atoms with Gasteiger partial charge >= 0.3 is 70.3 Å². The zero-order valence-electron chi connectivity index (χ0n) is 68.9. The van der Waals surface area contributed by atoms with E-state index in [0.717, 1.165) is 21.5 Å². The normalized spacial score (nSPS) is 20.0. The number of benzene rings is 6. The number of nitrogens with zero attached hydrogens (tertiary/aromatic N) is 2. The van der Waals surface area contributed by atoms with Crippen molar-refractivity contribution in [1.82, 2.24) is 40.4 Å². The van der Waals surface area contributed by atoms with E-state index in [1.54, 1.807) is 42.5 Å².